The highest BCUT2D eigenvalue weighted by Crippen LogP contribution is 2.32. The van der Waals surface area contributed by atoms with Crippen molar-refractivity contribution < 1.29 is 31.5 Å². The van der Waals surface area contributed by atoms with Gasteiger partial charge in [-0.05, 0) is 97.5 Å². The average Bonchev–Trinajstić information content (AvgIpc) is 3.12. The van der Waals surface area contributed by atoms with Gasteiger partial charge in [0.05, 0.1) is 19.8 Å². The molecule has 6 aromatic rings. The maximum atomic E-state index is 12.8. The molecule has 2 aromatic heterocycles. The van der Waals surface area contributed by atoms with Gasteiger partial charge in [0.2, 0.25) is 0 Å². The molecule has 0 aliphatic heterocycles. The van der Waals surface area contributed by atoms with Gasteiger partial charge >= 0.3 is 11.3 Å². The molecular weight excluding hydrogens is 697 g/mol. The summed E-state index contributed by atoms with van der Waals surface area (Å²) < 4.78 is 49.3. The molecule has 0 saturated carbocycles. The number of carbonyl (C=O) groups excluding carboxylic acids is 1. The van der Waals surface area contributed by atoms with Crippen LogP contribution in [0.2, 0.25) is 0 Å². The van der Waals surface area contributed by atoms with E-state index < -0.39 is 10.0 Å². The van der Waals surface area contributed by atoms with Gasteiger partial charge in [0, 0.05) is 33.3 Å². The maximum absolute atomic E-state index is 12.8. The summed E-state index contributed by atoms with van der Waals surface area (Å²) in [6, 6.07) is 23.6. The number of fused-ring (bicyclic) bond motifs is 2. The molecule has 2 heterocycles. The molecule has 53 heavy (non-hydrogen) atoms. The molecule has 0 atom stereocenters. The highest BCUT2D eigenvalue weighted by molar-refractivity contribution is 7.92. The number of sulfonamides is 1. The molecule has 0 aliphatic rings. The van der Waals surface area contributed by atoms with Crippen LogP contribution in [0, 0.1) is 13.8 Å². The Labute approximate surface area is 307 Å². The van der Waals surface area contributed by atoms with E-state index in [2.05, 4.69) is 10.0 Å². The van der Waals surface area contributed by atoms with Gasteiger partial charge in [0.25, 0.3) is 15.9 Å². The van der Waals surface area contributed by atoms with Crippen molar-refractivity contribution in [3.63, 3.8) is 0 Å². The Balaban J connectivity index is 0.000000204. The number of amides is 1. The maximum Gasteiger partial charge on any atom is 0.339 e. The Morgan fingerprint density at radius 3 is 1.66 bits per heavy atom. The summed E-state index contributed by atoms with van der Waals surface area (Å²) in [5.41, 5.74) is 4.60. The van der Waals surface area contributed by atoms with Gasteiger partial charge in [-0.3, -0.25) is 9.52 Å². The Kier molecular flexibility index (Phi) is 11.4. The predicted molar refractivity (Wildman–Crippen MR) is 207 cm³/mol. The minimum absolute atomic E-state index is 0.0486. The largest absolute Gasteiger partial charge is 0.496 e. The van der Waals surface area contributed by atoms with Gasteiger partial charge in [0.15, 0.2) is 0 Å². The molecule has 12 heteroatoms. The van der Waals surface area contributed by atoms with Gasteiger partial charge in [-0.1, -0.05) is 52.0 Å². The molecule has 11 nitrogen and oxygen atoms in total. The number of hydrogen-bond acceptors (Lipinski definition) is 9. The number of nitrogens with one attached hydrogen (secondary N) is 2. The second kappa shape index (κ2) is 15.8. The Morgan fingerprint density at radius 2 is 1.13 bits per heavy atom. The van der Waals surface area contributed by atoms with Crippen molar-refractivity contribution in [3.8, 4) is 11.5 Å². The summed E-state index contributed by atoms with van der Waals surface area (Å²) in [7, 11) is -0.893. The lowest BCUT2D eigenvalue weighted by Crippen LogP contribution is -2.14. The van der Waals surface area contributed by atoms with Crippen molar-refractivity contribution in [2.75, 3.05) is 24.3 Å². The highest BCUT2D eigenvalue weighted by atomic mass is 32.2. The molecule has 1 amide bonds. The lowest BCUT2D eigenvalue weighted by atomic mass is 9.95. The van der Waals surface area contributed by atoms with Gasteiger partial charge in [-0.2, -0.15) is 0 Å². The van der Waals surface area contributed by atoms with Gasteiger partial charge in [0.1, 0.15) is 27.6 Å². The van der Waals surface area contributed by atoms with Crippen LogP contribution in [0.1, 0.15) is 72.1 Å². The minimum Gasteiger partial charge on any atom is -0.496 e. The molecule has 0 aliphatic carbocycles. The minimum atomic E-state index is -3.84. The van der Waals surface area contributed by atoms with Crippen LogP contribution in [0.4, 0.5) is 11.4 Å². The molecule has 4 aromatic carbocycles. The van der Waals surface area contributed by atoms with E-state index in [-0.39, 0.29) is 39.6 Å². The average molecular weight is 739 g/mol. The third-order valence-electron chi connectivity index (χ3n) is 8.74. The fourth-order valence-corrected chi connectivity index (χ4v) is 7.57. The van der Waals surface area contributed by atoms with E-state index in [9.17, 15) is 22.8 Å². The number of benzene rings is 4. The first-order chi connectivity index (χ1) is 25.2. The summed E-state index contributed by atoms with van der Waals surface area (Å²) in [5.74, 6) is 0.743. The zero-order chi connectivity index (χ0) is 38.6. The van der Waals surface area contributed by atoms with Crippen LogP contribution in [0.15, 0.2) is 108 Å². The first-order valence-corrected chi connectivity index (χ1v) is 18.4. The number of hydrogen-bond donors (Lipinski definition) is 2. The molecule has 0 unspecified atom stereocenters. The van der Waals surface area contributed by atoms with Crippen molar-refractivity contribution in [1.29, 1.82) is 0 Å². The zero-order valence-corrected chi connectivity index (χ0v) is 31.6. The quantitative estimate of drug-likeness (QED) is 0.139. The van der Waals surface area contributed by atoms with Crippen LogP contribution >= 0.6 is 0 Å². The number of para-hydroxylation sites is 2. The zero-order valence-electron chi connectivity index (χ0n) is 30.8. The SMILES string of the molecule is COc1ccccc1C(=O)Nc1ccc2oc(=O)c(C)c(C(C)C)c2c1.COc1ccccc1S(=O)(=O)Nc1ccc2oc(=O)c(C)c(C(C)C)c2c1. The van der Waals surface area contributed by atoms with Crippen LogP contribution in [0.25, 0.3) is 21.9 Å². The molecule has 0 spiro atoms. The highest BCUT2D eigenvalue weighted by Gasteiger charge is 2.21. The Bertz CT molecular complexity index is 2550. The summed E-state index contributed by atoms with van der Waals surface area (Å²) in [4.78, 5) is 36.7. The van der Waals surface area contributed by atoms with Crippen LogP contribution < -0.4 is 30.8 Å². The van der Waals surface area contributed by atoms with E-state index in [0.29, 0.717) is 50.4 Å². The smallest absolute Gasteiger partial charge is 0.339 e. The number of carbonyl (C=O) groups is 1. The van der Waals surface area contributed by atoms with Gasteiger partial charge in [-0.15, -0.1) is 0 Å². The predicted octanol–water partition coefficient (Wildman–Crippen LogP) is 8.52. The summed E-state index contributed by atoms with van der Waals surface area (Å²) >= 11 is 0. The fraction of sp³-hybridized carbons (Fsp3) is 0.244. The normalized spacial score (nSPS) is 11.4. The third-order valence-corrected chi connectivity index (χ3v) is 10.2. The van der Waals surface area contributed by atoms with Gasteiger partial charge < -0.3 is 23.6 Å². The Hall–Kier alpha value is -5.88. The molecular formula is C41H42N2O9S. The van der Waals surface area contributed by atoms with E-state index in [1.54, 1.807) is 80.6 Å². The molecule has 276 valence electrons. The van der Waals surface area contributed by atoms with E-state index in [4.69, 9.17) is 18.3 Å². The van der Waals surface area contributed by atoms with Crippen LogP contribution in [0.5, 0.6) is 11.5 Å². The van der Waals surface area contributed by atoms with Crippen molar-refractivity contribution >= 4 is 49.2 Å². The van der Waals surface area contributed by atoms with Crippen LogP contribution in [-0.4, -0.2) is 28.5 Å². The van der Waals surface area contributed by atoms with Crippen molar-refractivity contribution in [2.45, 2.75) is 58.3 Å². The second-order valence-electron chi connectivity index (χ2n) is 13.0. The van der Waals surface area contributed by atoms with Crippen LogP contribution in [-0.2, 0) is 10.0 Å². The fourth-order valence-electron chi connectivity index (χ4n) is 6.35. The second-order valence-corrected chi connectivity index (χ2v) is 14.6. The number of methoxy groups -OCH3 is 2. The van der Waals surface area contributed by atoms with E-state index >= 15 is 0 Å². The van der Waals surface area contributed by atoms with Crippen LogP contribution in [0.3, 0.4) is 0 Å². The lowest BCUT2D eigenvalue weighted by molar-refractivity contribution is 0.102. The summed E-state index contributed by atoms with van der Waals surface area (Å²) in [6.45, 7) is 11.5. The molecule has 2 N–H and O–H groups in total. The first-order valence-electron chi connectivity index (χ1n) is 16.9. The standard InChI is InChI=1S/C21H21NO4.C20H21NO5S/c1-12(2)19-13(3)21(24)26-18-10-9-14(11-16(18)19)22-20(23)15-7-5-6-8-17(15)25-4;1-12(2)19-13(3)20(22)26-16-10-9-14(11-15(16)19)21-27(23,24)18-8-6-5-7-17(18)25-4/h5-12H,1-4H3,(H,22,23);5-12,21H,1-4H3. The summed E-state index contributed by atoms with van der Waals surface area (Å²) in [5, 5.41) is 4.43. The molecule has 0 bridgehead atoms. The number of anilines is 2. The summed E-state index contributed by atoms with van der Waals surface area (Å²) in [6.07, 6.45) is 0. The van der Waals surface area contributed by atoms with Crippen molar-refractivity contribution in [2.24, 2.45) is 0 Å². The first kappa shape index (κ1) is 38.4. The third kappa shape index (κ3) is 8.12. The number of rotatable bonds is 9. The topological polar surface area (TPSA) is 154 Å². The van der Waals surface area contributed by atoms with E-state index in [1.165, 1.54) is 20.3 Å². The monoisotopic (exact) mass is 738 g/mol. The number of ether oxygens (including phenoxy) is 2. The molecule has 0 radical (unpaired) electrons. The van der Waals surface area contributed by atoms with Crippen molar-refractivity contribution in [3.05, 3.63) is 134 Å². The molecule has 6 rings (SSSR count). The molecule has 0 fully saturated rings. The lowest BCUT2D eigenvalue weighted by Gasteiger charge is -2.15. The molecule has 0 saturated heterocycles. The van der Waals surface area contributed by atoms with E-state index in [1.807, 2.05) is 39.8 Å². The van der Waals surface area contributed by atoms with Gasteiger partial charge in [-0.25, -0.2) is 18.0 Å². The Morgan fingerprint density at radius 1 is 0.660 bits per heavy atom. The van der Waals surface area contributed by atoms with E-state index in [0.717, 1.165) is 16.5 Å². The van der Waals surface area contributed by atoms with Crippen molar-refractivity contribution in [1.82, 2.24) is 0 Å².